The standard InChI is InChI=1S/C15H17N.C13H16N4O/c16-12-11-15(13-7-3-1-4-8-13)14-9-5-2-6-10-14;1-11(18)16-5-7-17(8-6-16)13(9-14)12-3-2-4-15-10-12/h1-10,15H,11-12,16H2;2-4,10,13H,5-8H2,1H3. The number of piperazine rings is 1. The van der Waals surface area contributed by atoms with Gasteiger partial charge in [0.25, 0.3) is 0 Å². The van der Waals surface area contributed by atoms with Crippen LogP contribution in [0.1, 0.15) is 42.0 Å². The van der Waals surface area contributed by atoms with Gasteiger partial charge in [0.2, 0.25) is 5.91 Å². The van der Waals surface area contributed by atoms with Gasteiger partial charge < -0.3 is 10.6 Å². The molecule has 2 aromatic carbocycles. The van der Waals surface area contributed by atoms with Gasteiger partial charge in [-0.15, -0.1) is 0 Å². The molecule has 3 aromatic rings. The predicted octanol–water partition coefficient (Wildman–Crippen LogP) is 3.98. The van der Waals surface area contributed by atoms with Gasteiger partial charge in [-0.05, 0) is 30.2 Å². The number of benzene rings is 2. The second kappa shape index (κ2) is 13.2. The number of rotatable bonds is 6. The minimum absolute atomic E-state index is 0.101. The summed E-state index contributed by atoms with van der Waals surface area (Å²) in [6.45, 7) is 5.13. The Kier molecular flexibility index (Phi) is 9.78. The molecular weight excluding hydrogens is 422 g/mol. The summed E-state index contributed by atoms with van der Waals surface area (Å²) in [5.74, 6) is 0.525. The minimum atomic E-state index is -0.271. The van der Waals surface area contributed by atoms with Crippen molar-refractivity contribution in [2.24, 2.45) is 5.73 Å². The quantitative estimate of drug-likeness (QED) is 0.608. The molecule has 1 aliphatic heterocycles. The minimum Gasteiger partial charge on any atom is -0.340 e. The van der Waals surface area contributed by atoms with Crippen LogP contribution in [0, 0.1) is 11.3 Å². The molecule has 6 heteroatoms. The number of carbonyl (C=O) groups is 1. The van der Waals surface area contributed by atoms with Crippen LogP contribution in [0.5, 0.6) is 0 Å². The van der Waals surface area contributed by atoms with Crippen molar-refractivity contribution in [2.45, 2.75) is 25.3 Å². The average Bonchev–Trinajstić information content (AvgIpc) is 2.90. The summed E-state index contributed by atoms with van der Waals surface area (Å²) >= 11 is 0. The normalized spacial score (nSPS) is 14.6. The third-order valence-corrected chi connectivity index (χ3v) is 6.11. The Morgan fingerprint density at radius 2 is 1.50 bits per heavy atom. The fraction of sp³-hybridized carbons (Fsp3) is 0.321. The highest BCUT2D eigenvalue weighted by Gasteiger charge is 2.25. The lowest BCUT2D eigenvalue weighted by molar-refractivity contribution is -0.130. The second-order valence-corrected chi connectivity index (χ2v) is 8.31. The topological polar surface area (TPSA) is 86.2 Å². The van der Waals surface area contributed by atoms with Gasteiger partial charge in [0.15, 0.2) is 0 Å². The average molecular weight is 456 g/mol. The molecule has 0 aliphatic carbocycles. The van der Waals surface area contributed by atoms with Crippen molar-refractivity contribution in [3.63, 3.8) is 0 Å². The maximum Gasteiger partial charge on any atom is 0.219 e. The molecule has 6 nitrogen and oxygen atoms in total. The molecule has 1 aromatic heterocycles. The van der Waals surface area contributed by atoms with Crippen LogP contribution in [0.15, 0.2) is 85.2 Å². The van der Waals surface area contributed by atoms with Gasteiger partial charge in [0.05, 0.1) is 6.07 Å². The van der Waals surface area contributed by atoms with E-state index in [1.807, 2.05) is 29.2 Å². The van der Waals surface area contributed by atoms with Crippen LogP contribution in [0.4, 0.5) is 0 Å². The molecular formula is C28H33N5O. The molecule has 1 fully saturated rings. The van der Waals surface area contributed by atoms with Crippen LogP contribution in [0.3, 0.4) is 0 Å². The SMILES string of the molecule is CC(=O)N1CCN(C(C#N)c2cccnc2)CC1.NCCC(c1ccccc1)c1ccccc1. The first-order chi connectivity index (χ1) is 16.6. The van der Waals surface area contributed by atoms with Gasteiger partial charge in [-0.3, -0.25) is 14.7 Å². The smallest absolute Gasteiger partial charge is 0.219 e. The third-order valence-electron chi connectivity index (χ3n) is 6.11. The Labute approximate surface area is 202 Å². The van der Waals surface area contributed by atoms with E-state index in [2.05, 4.69) is 64.5 Å². The van der Waals surface area contributed by atoms with Crippen LogP contribution < -0.4 is 5.73 Å². The molecule has 1 saturated heterocycles. The van der Waals surface area contributed by atoms with E-state index in [4.69, 9.17) is 5.73 Å². The van der Waals surface area contributed by atoms with Gasteiger partial charge >= 0.3 is 0 Å². The summed E-state index contributed by atoms with van der Waals surface area (Å²) < 4.78 is 0. The van der Waals surface area contributed by atoms with Gasteiger partial charge in [-0.25, -0.2) is 0 Å². The Bertz CT molecular complexity index is 989. The predicted molar refractivity (Wildman–Crippen MR) is 135 cm³/mol. The van der Waals surface area contributed by atoms with E-state index >= 15 is 0 Å². The number of hydrogen-bond donors (Lipinski definition) is 1. The molecule has 1 aliphatic rings. The summed E-state index contributed by atoms with van der Waals surface area (Å²) in [5, 5.41) is 9.31. The fourth-order valence-corrected chi connectivity index (χ4v) is 4.26. The molecule has 2 heterocycles. The van der Waals surface area contributed by atoms with Gasteiger partial charge in [-0.2, -0.15) is 5.26 Å². The highest BCUT2D eigenvalue weighted by molar-refractivity contribution is 5.73. The molecule has 1 unspecified atom stereocenters. The van der Waals surface area contributed by atoms with Crippen LogP contribution >= 0.6 is 0 Å². The first kappa shape index (κ1) is 25.1. The summed E-state index contributed by atoms with van der Waals surface area (Å²) in [4.78, 5) is 19.2. The van der Waals surface area contributed by atoms with E-state index in [1.165, 1.54) is 11.1 Å². The Balaban J connectivity index is 0.000000192. The van der Waals surface area contributed by atoms with Crippen LogP contribution in [0.2, 0.25) is 0 Å². The molecule has 0 spiro atoms. The van der Waals surface area contributed by atoms with Gasteiger partial charge in [0.1, 0.15) is 6.04 Å². The lowest BCUT2D eigenvalue weighted by Crippen LogP contribution is -2.48. The highest BCUT2D eigenvalue weighted by atomic mass is 16.2. The number of hydrogen-bond acceptors (Lipinski definition) is 5. The monoisotopic (exact) mass is 455 g/mol. The van der Waals surface area contributed by atoms with Crippen molar-refractivity contribution in [2.75, 3.05) is 32.7 Å². The Morgan fingerprint density at radius 3 is 1.94 bits per heavy atom. The molecule has 34 heavy (non-hydrogen) atoms. The van der Waals surface area contributed by atoms with Crippen molar-refractivity contribution in [3.8, 4) is 6.07 Å². The zero-order chi connectivity index (χ0) is 24.2. The molecule has 0 radical (unpaired) electrons. The summed E-state index contributed by atoms with van der Waals surface area (Å²) in [6.07, 6.45) is 4.42. The Hall–Kier alpha value is -3.53. The first-order valence-corrected chi connectivity index (χ1v) is 11.7. The molecule has 176 valence electrons. The first-order valence-electron chi connectivity index (χ1n) is 11.7. The van der Waals surface area contributed by atoms with E-state index in [9.17, 15) is 10.1 Å². The summed E-state index contributed by atoms with van der Waals surface area (Å²) in [7, 11) is 0. The molecule has 1 amide bonds. The van der Waals surface area contributed by atoms with Crippen molar-refractivity contribution in [1.29, 1.82) is 5.26 Å². The van der Waals surface area contributed by atoms with E-state index in [-0.39, 0.29) is 11.9 Å². The molecule has 1 atom stereocenters. The maximum atomic E-state index is 11.2. The lowest BCUT2D eigenvalue weighted by atomic mass is 9.89. The second-order valence-electron chi connectivity index (χ2n) is 8.31. The number of nitrogens with zero attached hydrogens (tertiary/aromatic N) is 4. The molecule has 4 rings (SSSR count). The van der Waals surface area contributed by atoms with Gasteiger partial charge in [0, 0.05) is 57.0 Å². The number of nitriles is 1. The van der Waals surface area contributed by atoms with Crippen molar-refractivity contribution in [3.05, 3.63) is 102 Å². The number of amides is 1. The third kappa shape index (κ3) is 6.98. The number of aromatic nitrogens is 1. The maximum absolute atomic E-state index is 11.2. The zero-order valence-corrected chi connectivity index (χ0v) is 19.8. The molecule has 0 bridgehead atoms. The Morgan fingerprint density at radius 1 is 0.941 bits per heavy atom. The van der Waals surface area contributed by atoms with E-state index < -0.39 is 0 Å². The number of carbonyl (C=O) groups excluding carboxylic acids is 1. The molecule has 0 saturated carbocycles. The van der Waals surface area contributed by atoms with E-state index in [0.717, 1.165) is 25.1 Å². The number of nitrogens with two attached hydrogens (primary N) is 1. The van der Waals surface area contributed by atoms with E-state index in [1.54, 1.807) is 19.3 Å². The van der Waals surface area contributed by atoms with Gasteiger partial charge in [-0.1, -0.05) is 66.7 Å². The fourth-order valence-electron chi connectivity index (χ4n) is 4.26. The summed E-state index contributed by atoms with van der Waals surface area (Å²) in [6, 6.07) is 26.9. The largest absolute Gasteiger partial charge is 0.340 e. The van der Waals surface area contributed by atoms with E-state index in [0.29, 0.717) is 25.6 Å². The lowest BCUT2D eigenvalue weighted by Gasteiger charge is -2.36. The van der Waals surface area contributed by atoms with Crippen molar-refractivity contribution < 1.29 is 4.79 Å². The molecule has 2 N–H and O–H groups in total. The van der Waals surface area contributed by atoms with Crippen molar-refractivity contribution >= 4 is 5.91 Å². The zero-order valence-electron chi connectivity index (χ0n) is 19.8. The van der Waals surface area contributed by atoms with Crippen LogP contribution in [-0.2, 0) is 4.79 Å². The van der Waals surface area contributed by atoms with Crippen molar-refractivity contribution in [1.82, 2.24) is 14.8 Å². The highest BCUT2D eigenvalue weighted by Crippen LogP contribution is 2.27. The van der Waals surface area contributed by atoms with Crippen LogP contribution in [0.25, 0.3) is 0 Å². The number of pyridine rings is 1. The summed E-state index contributed by atoms with van der Waals surface area (Å²) in [5.41, 5.74) is 9.31. The van der Waals surface area contributed by atoms with Crippen LogP contribution in [-0.4, -0.2) is 53.4 Å².